The third-order valence-electron chi connectivity index (χ3n) is 2.95. The van der Waals surface area contributed by atoms with Crippen LogP contribution >= 0.6 is 11.8 Å². The maximum absolute atomic E-state index is 5.75. The van der Waals surface area contributed by atoms with Crippen molar-refractivity contribution in [1.82, 2.24) is 20.4 Å². The smallest absolute Gasteiger partial charge is 0.138 e. The summed E-state index contributed by atoms with van der Waals surface area (Å²) in [5.41, 5.74) is 2.62. The number of pyridine rings is 1. The molecule has 1 aromatic carbocycles. The number of aromatic nitrogens is 4. The fourth-order valence-electron chi connectivity index (χ4n) is 1.87. The molecule has 2 heterocycles. The normalized spacial score (nSPS) is 10.5. The van der Waals surface area contributed by atoms with Crippen molar-refractivity contribution < 1.29 is 4.74 Å². The summed E-state index contributed by atoms with van der Waals surface area (Å²) >= 11 is 1.72. The van der Waals surface area contributed by atoms with Crippen LogP contribution in [0.15, 0.2) is 53.7 Å². The molecule has 5 nitrogen and oxygen atoms in total. The molecule has 0 saturated carbocycles. The van der Waals surface area contributed by atoms with Gasteiger partial charge in [-0.25, -0.2) is 0 Å². The lowest BCUT2D eigenvalue weighted by atomic mass is 10.2. The van der Waals surface area contributed by atoms with Crippen LogP contribution in [0, 0.1) is 0 Å². The molecular weight excluding hydrogens is 284 g/mol. The lowest BCUT2D eigenvalue weighted by Crippen LogP contribution is -1.96. The molecule has 0 unspecified atom stereocenters. The van der Waals surface area contributed by atoms with E-state index < -0.39 is 0 Å². The van der Waals surface area contributed by atoms with Gasteiger partial charge in [0.25, 0.3) is 0 Å². The second-order valence-corrected chi connectivity index (χ2v) is 5.25. The van der Waals surface area contributed by atoms with E-state index in [1.165, 1.54) is 4.90 Å². The zero-order valence-corrected chi connectivity index (χ0v) is 12.3. The average Bonchev–Trinajstić information content (AvgIpc) is 3.08. The van der Waals surface area contributed by atoms with Crippen LogP contribution in [-0.2, 0) is 6.61 Å². The van der Waals surface area contributed by atoms with Gasteiger partial charge in [-0.2, -0.15) is 15.4 Å². The Morgan fingerprint density at radius 1 is 1.14 bits per heavy atom. The number of hydrogen-bond donors (Lipinski definition) is 1. The van der Waals surface area contributed by atoms with Gasteiger partial charge in [-0.3, -0.25) is 4.98 Å². The average molecular weight is 298 g/mol. The summed E-state index contributed by atoms with van der Waals surface area (Å²) in [6, 6.07) is 12.1. The van der Waals surface area contributed by atoms with Crippen LogP contribution in [0.4, 0.5) is 0 Å². The van der Waals surface area contributed by atoms with Crippen LogP contribution < -0.4 is 4.74 Å². The molecule has 106 valence electrons. The number of ether oxygens (including phenoxy) is 1. The van der Waals surface area contributed by atoms with E-state index in [1.807, 2.05) is 18.2 Å². The minimum Gasteiger partial charge on any atom is -0.487 e. The predicted molar refractivity (Wildman–Crippen MR) is 82.2 cm³/mol. The molecule has 0 bridgehead atoms. The van der Waals surface area contributed by atoms with Crippen molar-refractivity contribution in [2.24, 2.45) is 0 Å². The van der Waals surface area contributed by atoms with Gasteiger partial charge in [-0.05, 0) is 36.1 Å². The van der Waals surface area contributed by atoms with Crippen molar-refractivity contribution in [3.63, 3.8) is 0 Å². The lowest BCUT2D eigenvalue weighted by Gasteiger charge is -2.07. The molecule has 0 spiro atoms. The standard InChI is InChI=1S/C15H14N4OS/c1-21-13-4-2-3-11(7-13)10-20-12-5-6-14(16-8-12)15-9-17-19-18-15/h2-9H,10H2,1H3,(H,17,18,19). The molecule has 3 rings (SSSR count). The third-order valence-corrected chi connectivity index (χ3v) is 3.68. The maximum Gasteiger partial charge on any atom is 0.138 e. The van der Waals surface area contributed by atoms with Crippen LogP contribution in [0.5, 0.6) is 5.75 Å². The fourth-order valence-corrected chi connectivity index (χ4v) is 2.36. The molecule has 0 aliphatic carbocycles. The van der Waals surface area contributed by atoms with Gasteiger partial charge in [-0.15, -0.1) is 11.8 Å². The number of rotatable bonds is 5. The fraction of sp³-hybridized carbons (Fsp3) is 0.133. The zero-order chi connectivity index (χ0) is 14.5. The highest BCUT2D eigenvalue weighted by molar-refractivity contribution is 7.98. The number of hydrogen-bond acceptors (Lipinski definition) is 5. The number of thioether (sulfide) groups is 1. The molecule has 3 aromatic rings. The Hall–Kier alpha value is -2.34. The minimum atomic E-state index is 0.527. The zero-order valence-electron chi connectivity index (χ0n) is 11.5. The highest BCUT2D eigenvalue weighted by Crippen LogP contribution is 2.19. The summed E-state index contributed by atoms with van der Waals surface area (Å²) < 4.78 is 5.75. The first kappa shape index (κ1) is 13.6. The highest BCUT2D eigenvalue weighted by Gasteiger charge is 2.03. The van der Waals surface area contributed by atoms with Gasteiger partial charge in [0, 0.05) is 4.90 Å². The number of H-pyrrole nitrogens is 1. The van der Waals surface area contributed by atoms with E-state index in [9.17, 15) is 0 Å². The second kappa shape index (κ2) is 6.41. The van der Waals surface area contributed by atoms with E-state index in [-0.39, 0.29) is 0 Å². The molecule has 0 aliphatic rings. The van der Waals surface area contributed by atoms with Crippen molar-refractivity contribution in [2.45, 2.75) is 11.5 Å². The summed E-state index contributed by atoms with van der Waals surface area (Å²) in [6.45, 7) is 0.527. The number of benzene rings is 1. The third kappa shape index (κ3) is 3.41. The Balaban J connectivity index is 1.65. The van der Waals surface area contributed by atoms with Gasteiger partial charge >= 0.3 is 0 Å². The molecule has 2 aromatic heterocycles. The molecule has 0 saturated heterocycles. The van der Waals surface area contributed by atoms with Gasteiger partial charge in [-0.1, -0.05) is 12.1 Å². The van der Waals surface area contributed by atoms with E-state index in [4.69, 9.17) is 4.74 Å². The van der Waals surface area contributed by atoms with Crippen LogP contribution in [0.25, 0.3) is 11.4 Å². The van der Waals surface area contributed by atoms with Crippen LogP contribution in [0.2, 0.25) is 0 Å². The first-order chi connectivity index (χ1) is 10.3. The number of nitrogens with zero attached hydrogens (tertiary/aromatic N) is 3. The SMILES string of the molecule is CSc1cccc(COc2ccc(-c3cn[nH]n3)nc2)c1. The molecule has 1 N–H and O–H groups in total. The van der Waals surface area contributed by atoms with Crippen molar-refractivity contribution >= 4 is 11.8 Å². The Morgan fingerprint density at radius 2 is 2.10 bits per heavy atom. The van der Waals surface area contributed by atoms with Crippen LogP contribution in [0.3, 0.4) is 0 Å². The van der Waals surface area contributed by atoms with E-state index in [0.717, 1.165) is 17.0 Å². The van der Waals surface area contributed by atoms with Gasteiger partial charge in [0.15, 0.2) is 0 Å². The number of aromatic amines is 1. The maximum atomic E-state index is 5.75. The molecule has 21 heavy (non-hydrogen) atoms. The van der Waals surface area contributed by atoms with Crippen LogP contribution in [0.1, 0.15) is 5.56 Å². The largest absolute Gasteiger partial charge is 0.487 e. The number of nitrogens with one attached hydrogen (secondary N) is 1. The lowest BCUT2D eigenvalue weighted by molar-refractivity contribution is 0.305. The van der Waals surface area contributed by atoms with E-state index >= 15 is 0 Å². The first-order valence-corrected chi connectivity index (χ1v) is 7.65. The highest BCUT2D eigenvalue weighted by atomic mass is 32.2. The Kier molecular flexibility index (Phi) is 4.16. The molecule has 0 fully saturated rings. The van der Waals surface area contributed by atoms with Crippen molar-refractivity contribution in [3.8, 4) is 17.1 Å². The Bertz CT molecular complexity index is 698. The molecule has 0 atom stereocenters. The van der Waals surface area contributed by atoms with E-state index in [2.05, 4.69) is 44.8 Å². The molecule has 0 radical (unpaired) electrons. The van der Waals surface area contributed by atoms with E-state index in [1.54, 1.807) is 24.2 Å². The molecule has 0 aliphatic heterocycles. The Morgan fingerprint density at radius 3 is 2.81 bits per heavy atom. The van der Waals surface area contributed by atoms with E-state index in [0.29, 0.717) is 12.3 Å². The predicted octanol–water partition coefficient (Wildman–Crippen LogP) is 3.17. The van der Waals surface area contributed by atoms with Gasteiger partial charge in [0.1, 0.15) is 18.1 Å². The second-order valence-electron chi connectivity index (χ2n) is 4.37. The van der Waals surface area contributed by atoms with Gasteiger partial charge < -0.3 is 4.74 Å². The summed E-state index contributed by atoms with van der Waals surface area (Å²) in [4.78, 5) is 5.55. The van der Waals surface area contributed by atoms with Crippen molar-refractivity contribution in [2.75, 3.05) is 6.26 Å². The molecular formula is C15H14N4OS. The summed E-state index contributed by atoms with van der Waals surface area (Å²) in [6.07, 6.45) is 5.39. The van der Waals surface area contributed by atoms with Crippen LogP contribution in [-0.4, -0.2) is 26.7 Å². The summed E-state index contributed by atoms with van der Waals surface area (Å²) in [5.74, 6) is 0.733. The molecule has 0 amide bonds. The first-order valence-electron chi connectivity index (χ1n) is 6.43. The topological polar surface area (TPSA) is 63.7 Å². The monoisotopic (exact) mass is 298 g/mol. The molecule has 6 heteroatoms. The Labute approximate surface area is 126 Å². The quantitative estimate of drug-likeness (QED) is 0.733. The van der Waals surface area contributed by atoms with Crippen molar-refractivity contribution in [1.29, 1.82) is 0 Å². The minimum absolute atomic E-state index is 0.527. The van der Waals surface area contributed by atoms with Gasteiger partial charge in [0.2, 0.25) is 0 Å². The van der Waals surface area contributed by atoms with Gasteiger partial charge in [0.05, 0.1) is 18.1 Å². The summed E-state index contributed by atoms with van der Waals surface area (Å²) in [5, 5.41) is 10.3. The van der Waals surface area contributed by atoms with Crippen molar-refractivity contribution in [3.05, 3.63) is 54.4 Å². The summed E-state index contributed by atoms with van der Waals surface area (Å²) in [7, 11) is 0.